The second kappa shape index (κ2) is 7.75. The van der Waals surface area contributed by atoms with Crippen LogP contribution in [0.1, 0.15) is 27.8 Å². The number of rotatable bonds is 4. The molecule has 0 saturated heterocycles. The first kappa shape index (κ1) is 19.5. The summed E-state index contributed by atoms with van der Waals surface area (Å²) in [7, 11) is 0. The summed E-state index contributed by atoms with van der Waals surface area (Å²) in [5.74, 6) is 0.907. The minimum atomic E-state index is 0.775. The van der Waals surface area contributed by atoms with Gasteiger partial charge in [0.25, 0.3) is 0 Å². The number of hydrogen-bond acceptors (Lipinski definition) is 3. The van der Waals surface area contributed by atoms with Gasteiger partial charge in [-0.1, -0.05) is 60.2 Å². The first-order chi connectivity index (χ1) is 16.1. The molecule has 1 aliphatic heterocycles. The highest BCUT2D eigenvalue weighted by Gasteiger charge is 2.16. The van der Waals surface area contributed by atoms with Crippen molar-refractivity contribution in [3.05, 3.63) is 113 Å². The van der Waals surface area contributed by atoms with Crippen LogP contribution >= 0.6 is 0 Å². The SMILES string of the molecule is Cc1ccc(-c2nc3ccc(Cc4ccc5c(c4)N=C(c4ccc(N)cc4)C5)cc3[nH]2)cc1. The van der Waals surface area contributed by atoms with Gasteiger partial charge in [0, 0.05) is 17.7 Å². The first-order valence-electron chi connectivity index (χ1n) is 11.2. The Bertz CT molecular complexity index is 1510. The molecule has 0 bridgehead atoms. The van der Waals surface area contributed by atoms with Gasteiger partial charge in [0.2, 0.25) is 0 Å². The van der Waals surface area contributed by atoms with E-state index in [-0.39, 0.29) is 0 Å². The summed E-state index contributed by atoms with van der Waals surface area (Å²) in [5, 5.41) is 0. The molecule has 0 aliphatic carbocycles. The molecular formula is C29H24N4. The predicted octanol–water partition coefficient (Wildman–Crippen LogP) is 6.39. The van der Waals surface area contributed by atoms with Crippen LogP contribution in [0.2, 0.25) is 0 Å². The number of fused-ring (bicyclic) bond motifs is 2. The lowest BCUT2D eigenvalue weighted by Crippen LogP contribution is -2.00. The smallest absolute Gasteiger partial charge is 0.138 e. The lowest BCUT2D eigenvalue weighted by Gasteiger charge is -2.04. The lowest BCUT2D eigenvalue weighted by atomic mass is 10.00. The van der Waals surface area contributed by atoms with Crippen LogP contribution in [0, 0.1) is 6.92 Å². The Labute approximate surface area is 192 Å². The third kappa shape index (κ3) is 3.80. The number of anilines is 1. The quantitative estimate of drug-likeness (QED) is 0.326. The minimum Gasteiger partial charge on any atom is -0.399 e. The van der Waals surface area contributed by atoms with Gasteiger partial charge in [-0.25, -0.2) is 4.98 Å². The van der Waals surface area contributed by atoms with E-state index < -0.39 is 0 Å². The second-order valence-electron chi connectivity index (χ2n) is 8.80. The van der Waals surface area contributed by atoms with Gasteiger partial charge in [-0.05, 0) is 65.9 Å². The minimum absolute atomic E-state index is 0.775. The van der Waals surface area contributed by atoms with Crippen LogP contribution in [0.4, 0.5) is 11.4 Å². The van der Waals surface area contributed by atoms with Crippen molar-refractivity contribution in [2.45, 2.75) is 19.8 Å². The van der Waals surface area contributed by atoms with Crippen LogP contribution in [-0.4, -0.2) is 15.7 Å². The maximum atomic E-state index is 5.83. The van der Waals surface area contributed by atoms with Crippen molar-refractivity contribution in [3.63, 3.8) is 0 Å². The molecule has 1 aliphatic rings. The van der Waals surface area contributed by atoms with Crippen molar-refractivity contribution in [2.24, 2.45) is 4.99 Å². The maximum Gasteiger partial charge on any atom is 0.138 e. The van der Waals surface area contributed by atoms with Crippen LogP contribution in [0.3, 0.4) is 0 Å². The van der Waals surface area contributed by atoms with Gasteiger partial charge in [0.15, 0.2) is 0 Å². The van der Waals surface area contributed by atoms with E-state index in [2.05, 4.69) is 72.6 Å². The summed E-state index contributed by atoms with van der Waals surface area (Å²) in [6.45, 7) is 2.09. The molecule has 0 fully saturated rings. The number of aromatic amines is 1. The van der Waals surface area contributed by atoms with E-state index in [0.29, 0.717) is 0 Å². The third-order valence-electron chi connectivity index (χ3n) is 6.29. The molecule has 5 aromatic rings. The molecule has 0 spiro atoms. The zero-order chi connectivity index (χ0) is 22.4. The van der Waals surface area contributed by atoms with Crippen molar-refractivity contribution >= 4 is 28.1 Å². The Morgan fingerprint density at radius 1 is 0.818 bits per heavy atom. The fourth-order valence-corrected chi connectivity index (χ4v) is 4.43. The van der Waals surface area contributed by atoms with Crippen LogP contribution in [0.5, 0.6) is 0 Å². The van der Waals surface area contributed by atoms with E-state index in [1.807, 2.05) is 24.3 Å². The third-order valence-corrected chi connectivity index (χ3v) is 6.29. The van der Waals surface area contributed by atoms with E-state index in [4.69, 9.17) is 15.7 Å². The fourth-order valence-electron chi connectivity index (χ4n) is 4.43. The normalized spacial score (nSPS) is 12.7. The standard InChI is InChI=1S/C29H24N4/c1-18-2-6-22(7-3-18)29-32-25-13-5-20(16-28(25)33-29)14-19-4-8-23-17-27(31-26(23)15-19)21-9-11-24(30)12-10-21/h2-13,15-16H,14,17,30H2,1H3,(H,32,33). The van der Waals surface area contributed by atoms with Gasteiger partial charge < -0.3 is 10.7 Å². The number of hydrogen-bond donors (Lipinski definition) is 2. The van der Waals surface area contributed by atoms with Crippen molar-refractivity contribution < 1.29 is 0 Å². The van der Waals surface area contributed by atoms with Crippen molar-refractivity contribution in [2.75, 3.05) is 5.73 Å². The monoisotopic (exact) mass is 428 g/mol. The Balaban J connectivity index is 1.25. The molecule has 33 heavy (non-hydrogen) atoms. The van der Waals surface area contributed by atoms with Gasteiger partial charge in [-0.15, -0.1) is 0 Å². The van der Waals surface area contributed by atoms with E-state index >= 15 is 0 Å². The van der Waals surface area contributed by atoms with E-state index in [0.717, 1.165) is 57.9 Å². The highest BCUT2D eigenvalue weighted by molar-refractivity contribution is 6.06. The second-order valence-corrected chi connectivity index (χ2v) is 8.80. The fraction of sp³-hybridized carbons (Fsp3) is 0.103. The molecule has 1 aromatic heterocycles. The predicted molar refractivity (Wildman–Crippen MR) is 136 cm³/mol. The molecular weight excluding hydrogens is 404 g/mol. The van der Waals surface area contributed by atoms with E-state index in [9.17, 15) is 0 Å². The van der Waals surface area contributed by atoms with Gasteiger partial charge in [0.1, 0.15) is 5.82 Å². The Hall–Kier alpha value is -4.18. The molecule has 0 saturated carbocycles. The van der Waals surface area contributed by atoms with Gasteiger partial charge in [-0.3, -0.25) is 4.99 Å². The molecule has 4 heteroatoms. The van der Waals surface area contributed by atoms with Crippen LogP contribution in [0.25, 0.3) is 22.4 Å². The summed E-state index contributed by atoms with van der Waals surface area (Å²) in [5.41, 5.74) is 18.1. The summed E-state index contributed by atoms with van der Waals surface area (Å²) in [4.78, 5) is 13.2. The number of nitrogens with one attached hydrogen (secondary N) is 1. The van der Waals surface area contributed by atoms with E-state index in [1.165, 1.54) is 22.3 Å². The van der Waals surface area contributed by atoms with Crippen molar-refractivity contribution in [3.8, 4) is 11.4 Å². The zero-order valence-corrected chi connectivity index (χ0v) is 18.5. The Morgan fingerprint density at radius 3 is 2.36 bits per heavy atom. The van der Waals surface area contributed by atoms with Crippen LogP contribution < -0.4 is 5.73 Å². The molecule has 6 rings (SSSR count). The number of aromatic nitrogens is 2. The number of nitrogens with zero attached hydrogens (tertiary/aromatic N) is 2. The average Bonchev–Trinajstić information content (AvgIpc) is 3.44. The molecule has 0 unspecified atom stereocenters. The van der Waals surface area contributed by atoms with Gasteiger partial charge >= 0.3 is 0 Å². The molecule has 4 aromatic carbocycles. The van der Waals surface area contributed by atoms with E-state index in [1.54, 1.807) is 0 Å². The number of benzene rings is 4. The zero-order valence-electron chi connectivity index (χ0n) is 18.5. The first-order valence-corrected chi connectivity index (χ1v) is 11.2. The summed E-state index contributed by atoms with van der Waals surface area (Å²) in [6.07, 6.45) is 1.72. The molecule has 0 amide bonds. The molecule has 4 nitrogen and oxygen atoms in total. The topological polar surface area (TPSA) is 67.1 Å². The number of nitrogens with two attached hydrogens (primary N) is 1. The number of aryl methyl sites for hydroxylation is 1. The molecule has 160 valence electrons. The highest BCUT2D eigenvalue weighted by Crippen LogP contribution is 2.31. The molecule has 0 radical (unpaired) electrons. The maximum absolute atomic E-state index is 5.83. The van der Waals surface area contributed by atoms with Crippen LogP contribution in [-0.2, 0) is 12.8 Å². The van der Waals surface area contributed by atoms with Gasteiger partial charge in [0.05, 0.1) is 22.4 Å². The number of H-pyrrole nitrogens is 1. The molecule has 3 N–H and O–H groups in total. The Kier molecular flexibility index (Phi) is 4.58. The van der Waals surface area contributed by atoms with Crippen molar-refractivity contribution in [1.82, 2.24) is 9.97 Å². The lowest BCUT2D eigenvalue weighted by molar-refractivity contribution is 1.19. The van der Waals surface area contributed by atoms with Crippen LogP contribution in [0.15, 0.2) is 89.9 Å². The summed E-state index contributed by atoms with van der Waals surface area (Å²) in [6, 6.07) is 29.5. The average molecular weight is 429 g/mol. The van der Waals surface area contributed by atoms with Gasteiger partial charge in [-0.2, -0.15) is 0 Å². The highest BCUT2D eigenvalue weighted by atomic mass is 14.9. The summed E-state index contributed by atoms with van der Waals surface area (Å²) >= 11 is 0. The molecule has 2 heterocycles. The molecule has 0 atom stereocenters. The summed E-state index contributed by atoms with van der Waals surface area (Å²) < 4.78 is 0. The Morgan fingerprint density at radius 2 is 1.55 bits per heavy atom. The number of nitrogen functional groups attached to an aromatic ring is 1. The largest absolute Gasteiger partial charge is 0.399 e. The number of aliphatic imine (C=N–C) groups is 1. The number of imidazole rings is 1. The van der Waals surface area contributed by atoms with Crippen molar-refractivity contribution in [1.29, 1.82) is 0 Å².